The molecule has 3 rings (SSSR count). The van der Waals surface area contributed by atoms with Crippen LogP contribution in [0.2, 0.25) is 0 Å². The third-order valence-corrected chi connectivity index (χ3v) is 3.77. The van der Waals surface area contributed by atoms with E-state index < -0.39 is 6.29 Å². The zero-order chi connectivity index (χ0) is 14.7. The number of ether oxygens (including phenoxy) is 1. The summed E-state index contributed by atoms with van der Waals surface area (Å²) in [7, 11) is 0. The molecule has 0 bridgehead atoms. The van der Waals surface area contributed by atoms with Gasteiger partial charge in [-0.15, -0.1) is 0 Å². The largest absolute Gasteiger partial charge is 0.366 e. The summed E-state index contributed by atoms with van der Waals surface area (Å²) < 4.78 is 18.5. The summed E-state index contributed by atoms with van der Waals surface area (Å²) in [4.78, 5) is 2.16. The molecule has 0 saturated carbocycles. The average molecular weight is 287 g/mol. The molecule has 2 atom stereocenters. The van der Waals surface area contributed by atoms with Crippen molar-refractivity contribution in [1.82, 2.24) is 4.90 Å². The van der Waals surface area contributed by atoms with Gasteiger partial charge in [0.2, 0.25) is 0 Å². The fraction of sp³-hybridized carbons (Fsp3) is 0.294. The molecular formula is C17H18FNO2. The number of hydrogen-bond donors (Lipinski definition) is 1. The molecule has 1 N–H and O–H groups in total. The number of aliphatic hydroxyl groups is 1. The van der Waals surface area contributed by atoms with Crippen molar-refractivity contribution in [2.24, 2.45) is 0 Å². The lowest BCUT2D eigenvalue weighted by Crippen LogP contribution is -2.44. The highest BCUT2D eigenvalue weighted by atomic mass is 19.1. The number of nitrogens with zero attached hydrogens (tertiary/aromatic N) is 1. The maximum Gasteiger partial charge on any atom is 0.174 e. The third-order valence-electron chi connectivity index (χ3n) is 3.77. The fourth-order valence-electron chi connectivity index (χ4n) is 2.73. The Labute approximate surface area is 123 Å². The van der Waals surface area contributed by atoms with E-state index >= 15 is 0 Å². The van der Waals surface area contributed by atoms with E-state index in [1.165, 1.54) is 17.7 Å². The van der Waals surface area contributed by atoms with Gasteiger partial charge in [0, 0.05) is 13.1 Å². The van der Waals surface area contributed by atoms with Crippen LogP contribution >= 0.6 is 0 Å². The molecule has 1 fully saturated rings. The summed E-state index contributed by atoms with van der Waals surface area (Å²) in [5.74, 6) is -0.278. The minimum absolute atomic E-state index is 0.278. The summed E-state index contributed by atoms with van der Waals surface area (Å²) in [6, 6.07) is 16.1. The van der Waals surface area contributed by atoms with Crippen molar-refractivity contribution >= 4 is 0 Å². The Morgan fingerprint density at radius 3 is 2.52 bits per heavy atom. The second-order valence-corrected chi connectivity index (χ2v) is 5.21. The Hall–Kier alpha value is -1.75. The van der Waals surface area contributed by atoms with Crippen molar-refractivity contribution < 1.29 is 14.2 Å². The SMILES string of the molecule is O[C@H]1OCCN(Cc2ccccc2)[C@@H]1c1ccc(F)cc1. The molecule has 2 aromatic rings. The van der Waals surface area contributed by atoms with Gasteiger partial charge in [-0.1, -0.05) is 42.5 Å². The predicted octanol–water partition coefficient (Wildman–Crippen LogP) is 2.72. The molecule has 1 saturated heterocycles. The summed E-state index contributed by atoms with van der Waals surface area (Å²) in [6.07, 6.45) is -0.895. The highest BCUT2D eigenvalue weighted by Crippen LogP contribution is 2.29. The number of halogens is 1. The van der Waals surface area contributed by atoms with E-state index in [0.29, 0.717) is 6.61 Å². The van der Waals surface area contributed by atoms with E-state index in [1.807, 2.05) is 18.2 Å². The maximum absolute atomic E-state index is 13.1. The molecule has 3 nitrogen and oxygen atoms in total. The molecule has 110 valence electrons. The van der Waals surface area contributed by atoms with E-state index in [1.54, 1.807) is 12.1 Å². The van der Waals surface area contributed by atoms with Crippen LogP contribution in [-0.4, -0.2) is 29.4 Å². The van der Waals surface area contributed by atoms with Crippen LogP contribution < -0.4 is 0 Å². The minimum atomic E-state index is -0.895. The first-order valence-electron chi connectivity index (χ1n) is 7.07. The first-order chi connectivity index (χ1) is 10.2. The zero-order valence-electron chi connectivity index (χ0n) is 11.7. The van der Waals surface area contributed by atoms with Crippen molar-refractivity contribution in [3.63, 3.8) is 0 Å². The van der Waals surface area contributed by atoms with Gasteiger partial charge in [0.25, 0.3) is 0 Å². The van der Waals surface area contributed by atoms with Crippen LogP contribution in [0.3, 0.4) is 0 Å². The van der Waals surface area contributed by atoms with Gasteiger partial charge in [0.15, 0.2) is 6.29 Å². The Kier molecular flexibility index (Phi) is 4.29. The Bertz CT molecular complexity index is 573. The molecule has 0 aliphatic carbocycles. The van der Waals surface area contributed by atoms with Crippen molar-refractivity contribution in [3.8, 4) is 0 Å². The van der Waals surface area contributed by atoms with Gasteiger partial charge in [-0.3, -0.25) is 4.90 Å². The second-order valence-electron chi connectivity index (χ2n) is 5.21. The van der Waals surface area contributed by atoms with E-state index in [2.05, 4.69) is 17.0 Å². The molecule has 1 aliphatic rings. The van der Waals surface area contributed by atoms with E-state index in [0.717, 1.165) is 18.7 Å². The van der Waals surface area contributed by atoms with E-state index in [-0.39, 0.29) is 11.9 Å². The summed E-state index contributed by atoms with van der Waals surface area (Å²) in [5, 5.41) is 10.2. The lowest BCUT2D eigenvalue weighted by atomic mass is 10.0. The van der Waals surface area contributed by atoms with Crippen LogP contribution in [0.4, 0.5) is 4.39 Å². The molecule has 4 heteroatoms. The maximum atomic E-state index is 13.1. The molecule has 1 heterocycles. The Balaban J connectivity index is 1.84. The van der Waals surface area contributed by atoms with Crippen molar-refractivity contribution in [2.75, 3.05) is 13.2 Å². The summed E-state index contributed by atoms with van der Waals surface area (Å²) in [6.45, 7) is 1.95. The molecule has 1 aliphatic heterocycles. The average Bonchev–Trinajstić information content (AvgIpc) is 2.50. The van der Waals surface area contributed by atoms with Crippen LogP contribution in [-0.2, 0) is 11.3 Å². The molecule has 0 unspecified atom stereocenters. The molecule has 21 heavy (non-hydrogen) atoms. The van der Waals surface area contributed by atoms with Crippen LogP contribution in [0, 0.1) is 5.82 Å². The van der Waals surface area contributed by atoms with E-state index in [9.17, 15) is 9.50 Å². The number of hydrogen-bond acceptors (Lipinski definition) is 3. The van der Waals surface area contributed by atoms with Crippen LogP contribution in [0.1, 0.15) is 17.2 Å². The molecule has 0 amide bonds. The van der Waals surface area contributed by atoms with Crippen molar-refractivity contribution in [2.45, 2.75) is 18.9 Å². The number of benzene rings is 2. The monoisotopic (exact) mass is 287 g/mol. The predicted molar refractivity (Wildman–Crippen MR) is 78.0 cm³/mol. The van der Waals surface area contributed by atoms with Crippen LogP contribution in [0.5, 0.6) is 0 Å². The lowest BCUT2D eigenvalue weighted by Gasteiger charge is -2.39. The van der Waals surface area contributed by atoms with Gasteiger partial charge in [-0.25, -0.2) is 4.39 Å². The Morgan fingerprint density at radius 1 is 1.10 bits per heavy atom. The lowest BCUT2D eigenvalue weighted by molar-refractivity contribution is -0.184. The summed E-state index contributed by atoms with van der Waals surface area (Å²) in [5.41, 5.74) is 2.04. The van der Waals surface area contributed by atoms with Gasteiger partial charge >= 0.3 is 0 Å². The Morgan fingerprint density at radius 2 is 1.81 bits per heavy atom. The van der Waals surface area contributed by atoms with Crippen LogP contribution in [0.15, 0.2) is 54.6 Å². The first kappa shape index (κ1) is 14.2. The smallest absolute Gasteiger partial charge is 0.174 e. The molecule has 0 spiro atoms. The van der Waals surface area contributed by atoms with Gasteiger partial charge in [0.05, 0.1) is 12.6 Å². The van der Waals surface area contributed by atoms with Crippen molar-refractivity contribution in [3.05, 3.63) is 71.5 Å². The van der Waals surface area contributed by atoms with Crippen LogP contribution in [0.25, 0.3) is 0 Å². The van der Waals surface area contributed by atoms with Crippen molar-refractivity contribution in [1.29, 1.82) is 0 Å². The molecule has 2 aromatic carbocycles. The number of rotatable bonds is 3. The second kappa shape index (κ2) is 6.35. The molecular weight excluding hydrogens is 269 g/mol. The van der Waals surface area contributed by atoms with Gasteiger partial charge in [-0.2, -0.15) is 0 Å². The number of aliphatic hydroxyl groups excluding tert-OH is 1. The van der Waals surface area contributed by atoms with E-state index in [4.69, 9.17) is 4.74 Å². The topological polar surface area (TPSA) is 32.7 Å². The third kappa shape index (κ3) is 3.29. The fourth-order valence-corrected chi connectivity index (χ4v) is 2.73. The normalized spacial score (nSPS) is 23.1. The highest BCUT2D eigenvalue weighted by Gasteiger charge is 2.32. The van der Waals surface area contributed by atoms with Gasteiger partial charge in [0.1, 0.15) is 5.82 Å². The quantitative estimate of drug-likeness (QED) is 0.942. The molecule has 0 radical (unpaired) electrons. The number of morpholine rings is 1. The molecule has 0 aromatic heterocycles. The summed E-state index contributed by atoms with van der Waals surface area (Å²) >= 11 is 0. The first-order valence-corrected chi connectivity index (χ1v) is 7.07. The minimum Gasteiger partial charge on any atom is -0.366 e. The van der Waals surface area contributed by atoms with Gasteiger partial charge < -0.3 is 9.84 Å². The highest BCUT2D eigenvalue weighted by molar-refractivity contribution is 5.22. The standard InChI is InChI=1S/C17H18FNO2/c18-15-8-6-14(7-9-15)16-17(20)21-11-10-19(16)12-13-4-2-1-3-5-13/h1-9,16-17,20H,10-12H2/t16-,17+/m1/s1. The van der Waals surface area contributed by atoms with Gasteiger partial charge in [-0.05, 0) is 23.3 Å². The zero-order valence-corrected chi connectivity index (χ0v) is 11.7.